The van der Waals surface area contributed by atoms with E-state index in [-0.39, 0.29) is 12.5 Å². The van der Waals surface area contributed by atoms with Crippen molar-refractivity contribution in [2.24, 2.45) is 11.8 Å². The third-order valence-corrected chi connectivity index (χ3v) is 4.27. The molecule has 1 rings (SSSR count). The summed E-state index contributed by atoms with van der Waals surface area (Å²) >= 11 is 0. The van der Waals surface area contributed by atoms with Crippen molar-refractivity contribution in [2.75, 3.05) is 13.1 Å². The molecule has 1 saturated heterocycles. The molecule has 5 nitrogen and oxygen atoms in total. The van der Waals surface area contributed by atoms with E-state index in [1.807, 2.05) is 0 Å². The van der Waals surface area contributed by atoms with Gasteiger partial charge in [0.1, 0.15) is 0 Å². The van der Waals surface area contributed by atoms with E-state index in [9.17, 15) is 14.7 Å². The summed E-state index contributed by atoms with van der Waals surface area (Å²) in [6, 6.07) is 0. The first-order valence-electron chi connectivity index (χ1n) is 7.77. The fraction of sp³-hybridized carbons (Fsp3) is 0.867. The van der Waals surface area contributed by atoms with Crippen molar-refractivity contribution in [3.63, 3.8) is 0 Å². The molecular weight excluding hydrogens is 258 g/mol. The first-order chi connectivity index (χ1) is 9.56. The quantitative estimate of drug-likeness (QED) is 0.670. The monoisotopic (exact) mass is 285 g/mol. The topological polar surface area (TPSA) is 77.8 Å². The van der Waals surface area contributed by atoms with Crippen LogP contribution in [-0.2, 0) is 4.79 Å². The number of likely N-dealkylation sites (tertiary alicyclic amines) is 1. The third kappa shape index (κ3) is 5.39. The Hall–Kier alpha value is -1.26. The van der Waals surface area contributed by atoms with Crippen LogP contribution in [0.25, 0.3) is 0 Å². The third-order valence-electron chi connectivity index (χ3n) is 4.27. The van der Waals surface area contributed by atoms with Crippen molar-refractivity contribution in [3.05, 3.63) is 0 Å². The van der Waals surface area contributed by atoms with Gasteiger partial charge in [-0.1, -0.05) is 45.4 Å². The molecule has 1 aliphatic rings. The molecule has 1 aliphatic heterocycles. The molecule has 0 aromatic rings. The van der Waals surface area contributed by atoms with Gasteiger partial charge in [0.15, 0.2) is 0 Å². The Morgan fingerprint density at radius 3 is 2.35 bits per heavy atom. The van der Waals surface area contributed by atoms with Crippen LogP contribution in [-0.4, -0.2) is 40.3 Å². The summed E-state index contributed by atoms with van der Waals surface area (Å²) in [5, 5.41) is 18.2. The van der Waals surface area contributed by atoms with E-state index in [0.29, 0.717) is 13.0 Å². The van der Waals surface area contributed by atoms with Gasteiger partial charge >= 0.3 is 12.1 Å². The molecule has 116 valence electrons. The van der Waals surface area contributed by atoms with Crippen molar-refractivity contribution in [2.45, 2.75) is 58.3 Å². The number of carboxylic acid groups (broad SMARTS) is 2. The highest BCUT2D eigenvalue weighted by Crippen LogP contribution is 2.29. The van der Waals surface area contributed by atoms with Crippen molar-refractivity contribution in [1.82, 2.24) is 4.90 Å². The minimum Gasteiger partial charge on any atom is -0.481 e. The number of aliphatic carboxylic acids is 1. The van der Waals surface area contributed by atoms with Gasteiger partial charge in [-0.2, -0.15) is 0 Å². The second kappa shape index (κ2) is 8.82. The van der Waals surface area contributed by atoms with E-state index in [1.54, 1.807) is 0 Å². The minimum atomic E-state index is -1.01. The summed E-state index contributed by atoms with van der Waals surface area (Å²) < 4.78 is 0. The van der Waals surface area contributed by atoms with Gasteiger partial charge in [-0.3, -0.25) is 4.79 Å². The molecule has 0 aliphatic carbocycles. The van der Waals surface area contributed by atoms with Gasteiger partial charge in [0.2, 0.25) is 0 Å². The molecular formula is C15H27NO4. The molecule has 2 N–H and O–H groups in total. The lowest BCUT2D eigenvalue weighted by Gasteiger charge is -2.35. The molecule has 0 radical (unpaired) electrons. The molecule has 0 aromatic carbocycles. The zero-order valence-corrected chi connectivity index (χ0v) is 12.4. The van der Waals surface area contributed by atoms with Gasteiger partial charge < -0.3 is 15.1 Å². The normalized spacial score (nSPS) is 22.8. The predicted molar refractivity (Wildman–Crippen MR) is 76.8 cm³/mol. The number of amides is 1. The molecule has 1 amide bonds. The SMILES string of the molecule is CCCCCCCCC1CCN(C(=O)O)CC1C(=O)O. The second-order valence-electron chi connectivity index (χ2n) is 5.78. The molecule has 2 atom stereocenters. The van der Waals surface area contributed by atoms with Gasteiger partial charge in [0.25, 0.3) is 0 Å². The van der Waals surface area contributed by atoms with Crippen LogP contribution in [0.1, 0.15) is 58.3 Å². The molecule has 1 heterocycles. The fourth-order valence-corrected chi connectivity index (χ4v) is 2.99. The molecule has 2 unspecified atom stereocenters. The Morgan fingerprint density at radius 1 is 1.10 bits per heavy atom. The standard InChI is InChI=1S/C15H27NO4/c1-2-3-4-5-6-7-8-12-9-10-16(15(19)20)11-13(12)14(17)18/h12-13H,2-11H2,1H3,(H,17,18)(H,19,20). The van der Waals surface area contributed by atoms with Gasteiger partial charge in [-0.25, -0.2) is 4.79 Å². The predicted octanol–water partition coefficient (Wildman–Crippen LogP) is 3.44. The van der Waals surface area contributed by atoms with Crippen LogP contribution < -0.4 is 0 Å². The van der Waals surface area contributed by atoms with E-state index in [2.05, 4.69) is 6.92 Å². The van der Waals surface area contributed by atoms with Crippen molar-refractivity contribution in [3.8, 4) is 0 Å². The fourth-order valence-electron chi connectivity index (χ4n) is 2.99. The number of hydrogen-bond donors (Lipinski definition) is 2. The highest BCUT2D eigenvalue weighted by Gasteiger charge is 2.35. The Kier molecular flexibility index (Phi) is 7.41. The summed E-state index contributed by atoms with van der Waals surface area (Å²) in [6.07, 6.45) is 7.79. The van der Waals surface area contributed by atoms with Gasteiger partial charge in [-0.05, 0) is 18.8 Å². The number of nitrogens with zero attached hydrogens (tertiary/aromatic N) is 1. The van der Waals surface area contributed by atoms with Gasteiger partial charge in [0, 0.05) is 13.1 Å². The van der Waals surface area contributed by atoms with E-state index in [0.717, 1.165) is 19.3 Å². The highest BCUT2D eigenvalue weighted by atomic mass is 16.4. The molecule has 0 bridgehead atoms. The molecule has 0 saturated carbocycles. The van der Waals surface area contributed by atoms with Crippen molar-refractivity contribution in [1.29, 1.82) is 0 Å². The van der Waals surface area contributed by atoms with Gasteiger partial charge in [0.05, 0.1) is 5.92 Å². The van der Waals surface area contributed by atoms with Crippen molar-refractivity contribution >= 4 is 12.1 Å². The largest absolute Gasteiger partial charge is 0.481 e. The van der Waals surface area contributed by atoms with Crippen LogP contribution in [0, 0.1) is 11.8 Å². The van der Waals surface area contributed by atoms with Crippen LogP contribution in [0.4, 0.5) is 4.79 Å². The number of rotatable bonds is 8. The summed E-state index contributed by atoms with van der Waals surface area (Å²) in [6.45, 7) is 2.80. The van der Waals surface area contributed by atoms with Crippen LogP contribution in [0.15, 0.2) is 0 Å². The second-order valence-corrected chi connectivity index (χ2v) is 5.78. The summed E-state index contributed by atoms with van der Waals surface area (Å²) in [5.41, 5.74) is 0. The number of carbonyl (C=O) groups is 2. The average Bonchev–Trinajstić information content (AvgIpc) is 2.42. The smallest absolute Gasteiger partial charge is 0.407 e. The first-order valence-corrected chi connectivity index (χ1v) is 7.77. The Morgan fingerprint density at radius 2 is 1.75 bits per heavy atom. The molecule has 20 heavy (non-hydrogen) atoms. The number of hydrogen-bond acceptors (Lipinski definition) is 2. The summed E-state index contributed by atoms with van der Waals surface area (Å²) in [4.78, 5) is 23.4. The lowest BCUT2D eigenvalue weighted by atomic mass is 9.82. The van der Waals surface area contributed by atoms with E-state index in [1.165, 1.54) is 30.6 Å². The Bertz CT molecular complexity index is 319. The van der Waals surface area contributed by atoms with E-state index in [4.69, 9.17) is 5.11 Å². The maximum Gasteiger partial charge on any atom is 0.407 e. The van der Waals surface area contributed by atoms with Crippen molar-refractivity contribution < 1.29 is 19.8 Å². The maximum atomic E-state index is 11.3. The zero-order chi connectivity index (χ0) is 15.0. The van der Waals surface area contributed by atoms with Crippen LogP contribution >= 0.6 is 0 Å². The lowest BCUT2D eigenvalue weighted by Crippen LogP contribution is -2.46. The number of unbranched alkanes of at least 4 members (excludes halogenated alkanes) is 5. The molecule has 1 fully saturated rings. The minimum absolute atomic E-state index is 0.134. The summed E-state index contributed by atoms with van der Waals surface area (Å²) in [5.74, 6) is -1.25. The van der Waals surface area contributed by atoms with Crippen LogP contribution in [0.2, 0.25) is 0 Å². The summed E-state index contributed by atoms with van der Waals surface area (Å²) in [7, 11) is 0. The number of carboxylic acids is 1. The molecule has 5 heteroatoms. The van der Waals surface area contributed by atoms with Crippen LogP contribution in [0.5, 0.6) is 0 Å². The molecule has 0 aromatic heterocycles. The lowest BCUT2D eigenvalue weighted by molar-refractivity contribution is -0.145. The number of piperidine rings is 1. The Labute approximate surface area is 121 Å². The first kappa shape index (κ1) is 16.8. The van der Waals surface area contributed by atoms with E-state index >= 15 is 0 Å². The Balaban J connectivity index is 2.33. The molecule has 0 spiro atoms. The average molecular weight is 285 g/mol. The van der Waals surface area contributed by atoms with Gasteiger partial charge in [-0.15, -0.1) is 0 Å². The maximum absolute atomic E-state index is 11.3. The van der Waals surface area contributed by atoms with E-state index < -0.39 is 18.0 Å². The van der Waals surface area contributed by atoms with Crippen LogP contribution in [0.3, 0.4) is 0 Å². The zero-order valence-electron chi connectivity index (χ0n) is 12.4. The highest BCUT2D eigenvalue weighted by molar-refractivity contribution is 5.72.